The van der Waals surface area contributed by atoms with Crippen molar-refractivity contribution in [3.8, 4) is 11.5 Å². The van der Waals surface area contributed by atoms with Gasteiger partial charge in [-0.2, -0.15) is 0 Å². The second-order valence-corrected chi connectivity index (χ2v) is 6.57. The molecule has 144 valence electrons. The fraction of sp³-hybridized carbons (Fsp3) is 0.0476. The first-order valence-corrected chi connectivity index (χ1v) is 8.92. The molecule has 0 amide bonds. The van der Waals surface area contributed by atoms with E-state index in [4.69, 9.17) is 21.1 Å². The smallest absolute Gasteiger partial charge is 0.282 e. The summed E-state index contributed by atoms with van der Waals surface area (Å²) in [5, 5.41) is 11.8. The van der Waals surface area contributed by atoms with Gasteiger partial charge in [-0.3, -0.25) is 19.9 Å². The van der Waals surface area contributed by atoms with E-state index >= 15 is 0 Å². The Morgan fingerprint density at radius 3 is 2.52 bits per heavy atom. The van der Waals surface area contributed by atoms with Crippen LogP contribution in [0.4, 0.5) is 11.4 Å². The molecule has 3 aromatic carbocycles. The van der Waals surface area contributed by atoms with Gasteiger partial charge in [-0.05, 0) is 24.3 Å². The third-order valence-electron chi connectivity index (χ3n) is 4.30. The molecule has 4 rings (SSSR count). The Kier molecular flexibility index (Phi) is 4.97. The second kappa shape index (κ2) is 7.73. The van der Waals surface area contributed by atoms with Crippen molar-refractivity contribution < 1.29 is 19.2 Å². The van der Waals surface area contributed by atoms with Crippen LogP contribution >= 0.6 is 11.6 Å². The standard InChI is InChI=1S/C21H13ClN2O5/c22-15-6-7-17(16(9-15)21(25)13-4-2-1-3-5-13)23-11-14-8-19-20(29-12-28-19)10-18(14)24(26)27/h1-11H,12H2. The van der Waals surface area contributed by atoms with Crippen LogP contribution in [0.2, 0.25) is 5.02 Å². The van der Waals surface area contributed by atoms with Gasteiger partial charge >= 0.3 is 0 Å². The van der Waals surface area contributed by atoms with Crippen LogP contribution in [0.3, 0.4) is 0 Å². The zero-order valence-corrected chi connectivity index (χ0v) is 15.6. The third kappa shape index (κ3) is 3.81. The summed E-state index contributed by atoms with van der Waals surface area (Å²) in [7, 11) is 0. The van der Waals surface area contributed by atoms with Crippen molar-refractivity contribution in [2.75, 3.05) is 6.79 Å². The molecule has 0 aliphatic carbocycles. The molecule has 0 saturated heterocycles. The number of ether oxygens (including phenoxy) is 2. The number of ketones is 1. The van der Waals surface area contributed by atoms with E-state index in [0.29, 0.717) is 33.3 Å². The number of hydrogen-bond acceptors (Lipinski definition) is 6. The van der Waals surface area contributed by atoms with Gasteiger partial charge in [0, 0.05) is 22.4 Å². The third-order valence-corrected chi connectivity index (χ3v) is 4.54. The van der Waals surface area contributed by atoms with Crippen molar-refractivity contribution in [3.05, 3.63) is 92.5 Å². The zero-order chi connectivity index (χ0) is 20.4. The van der Waals surface area contributed by atoms with E-state index in [1.165, 1.54) is 24.4 Å². The van der Waals surface area contributed by atoms with Crippen LogP contribution in [0.15, 0.2) is 65.7 Å². The minimum Gasteiger partial charge on any atom is -0.454 e. The van der Waals surface area contributed by atoms with Crippen molar-refractivity contribution in [2.24, 2.45) is 4.99 Å². The minimum absolute atomic E-state index is 0.00000618. The monoisotopic (exact) mass is 408 g/mol. The largest absolute Gasteiger partial charge is 0.454 e. The summed E-state index contributed by atoms with van der Waals surface area (Å²) in [6.45, 7) is -0.00000618. The lowest BCUT2D eigenvalue weighted by atomic mass is 10.0. The molecule has 1 aliphatic heterocycles. The maximum absolute atomic E-state index is 12.9. The number of nitro benzene ring substituents is 1. The summed E-state index contributed by atoms with van der Waals surface area (Å²) in [6, 6.07) is 16.2. The van der Waals surface area contributed by atoms with E-state index in [1.54, 1.807) is 36.4 Å². The summed E-state index contributed by atoms with van der Waals surface area (Å²) >= 11 is 6.07. The maximum atomic E-state index is 12.9. The SMILES string of the molecule is O=C(c1ccccc1)c1cc(Cl)ccc1N=Cc1cc2c(cc1[N+](=O)[O-])OCO2. The lowest BCUT2D eigenvalue weighted by Crippen LogP contribution is -2.01. The Balaban J connectivity index is 1.75. The summed E-state index contributed by atoms with van der Waals surface area (Å²) in [5.41, 5.74) is 1.18. The van der Waals surface area contributed by atoms with Gasteiger partial charge in [0.1, 0.15) is 0 Å². The molecular formula is C21H13ClN2O5. The number of hydrogen-bond donors (Lipinski definition) is 0. The van der Waals surface area contributed by atoms with Gasteiger partial charge in [-0.15, -0.1) is 0 Å². The number of benzene rings is 3. The highest BCUT2D eigenvalue weighted by Gasteiger charge is 2.22. The Morgan fingerprint density at radius 1 is 1.07 bits per heavy atom. The number of aliphatic imine (C=N–C) groups is 1. The second-order valence-electron chi connectivity index (χ2n) is 6.14. The van der Waals surface area contributed by atoms with Crippen molar-refractivity contribution in [3.63, 3.8) is 0 Å². The summed E-state index contributed by atoms with van der Waals surface area (Å²) in [5.74, 6) is 0.453. The zero-order valence-electron chi connectivity index (χ0n) is 14.9. The number of carbonyl (C=O) groups excluding carboxylic acids is 1. The van der Waals surface area contributed by atoms with Crippen LogP contribution in [0.25, 0.3) is 0 Å². The molecule has 8 heteroatoms. The topological polar surface area (TPSA) is 91.0 Å². The molecule has 3 aromatic rings. The first kappa shape index (κ1) is 18.6. The molecule has 0 saturated carbocycles. The predicted octanol–water partition coefficient (Wildman–Crippen LogP) is 4.96. The summed E-state index contributed by atoms with van der Waals surface area (Å²) in [6.07, 6.45) is 1.32. The average Bonchev–Trinajstić information content (AvgIpc) is 3.19. The highest BCUT2D eigenvalue weighted by molar-refractivity contribution is 6.31. The molecule has 0 spiro atoms. The minimum atomic E-state index is -0.527. The van der Waals surface area contributed by atoms with Gasteiger partial charge in [0.25, 0.3) is 5.69 Å². The molecule has 0 atom stereocenters. The van der Waals surface area contributed by atoms with Crippen LogP contribution in [0.1, 0.15) is 21.5 Å². The molecule has 0 unspecified atom stereocenters. The van der Waals surface area contributed by atoms with E-state index in [2.05, 4.69) is 4.99 Å². The van der Waals surface area contributed by atoms with Crippen LogP contribution in [-0.2, 0) is 0 Å². The summed E-state index contributed by atoms with van der Waals surface area (Å²) < 4.78 is 10.5. The first-order chi connectivity index (χ1) is 14.0. The fourth-order valence-electron chi connectivity index (χ4n) is 2.90. The van der Waals surface area contributed by atoms with Gasteiger partial charge in [0.05, 0.1) is 22.2 Å². The normalized spacial score (nSPS) is 12.3. The van der Waals surface area contributed by atoms with Crippen LogP contribution in [0.5, 0.6) is 11.5 Å². The highest BCUT2D eigenvalue weighted by atomic mass is 35.5. The average molecular weight is 409 g/mol. The van der Waals surface area contributed by atoms with Crippen LogP contribution in [-0.4, -0.2) is 23.7 Å². The van der Waals surface area contributed by atoms with E-state index in [-0.39, 0.29) is 23.8 Å². The van der Waals surface area contributed by atoms with E-state index < -0.39 is 4.92 Å². The molecule has 29 heavy (non-hydrogen) atoms. The van der Waals surface area contributed by atoms with E-state index in [1.807, 2.05) is 6.07 Å². The number of rotatable bonds is 5. The maximum Gasteiger partial charge on any atom is 0.282 e. The molecule has 0 N–H and O–H groups in total. The number of nitrogens with zero attached hydrogens (tertiary/aromatic N) is 2. The van der Waals surface area contributed by atoms with Crippen molar-refractivity contribution in [1.82, 2.24) is 0 Å². The quantitative estimate of drug-likeness (QED) is 0.257. The van der Waals surface area contributed by atoms with E-state index in [0.717, 1.165) is 0 Å². The van der Waals surface area contributed by atoms with Gasteiger partial charge < -0.3 is 9.47 Å². The van der Waals surface area contributed by atoms with Crippen molar-refractivity contribution in [1.29, 1.82) is 0 Å². The number of carbonyl (C=O) groups is 1. The predicted molar refractivity (Wildman–Crippen MR) is 108 cm³/mol. The Bertz CT molecular complexity index is 1150. The highest BCUT2D eigenvalue weighted by Crippen LogP contribution is 2.37. The molecule has 1 heterocycles. The van der Waals surface area contributed by atoms with Gasteiger partial charge in [0.2, 0.25) is 6.79 Å². The first-order valence-electron chi connectivity index (χ1n) is 8.54. The molecule has 0 aromatic heterocycles. The lowest BCUT2D eigenvalue weighted by Gasteiger charge is -2.06. The van der Waals surface area contributed by atoms with Crippen LogP contribution in [0, 0.1) is 10.1 Å². The molecular weight excluding hydrogens is 396 g/mol. The van der Waals surface area contributed by atoms with Gasteiger partial charge in [-0.25, -0.2) is 0 Å². The molecule has 0 bridgehead atoms. The van der Waals surface area contributed by atoms with Crippen LogP contribution < -0.4 is 9.47 Å². The number of halogens is 1. The number of fused-ring (bicyclic) bond motifs is 1. The Morgan fingerprint density at radius 2 is 1.79 bits per heavy atom. The molecule has 1 aliphatic rings. The van der Waals surface area contributed by atoms with Crippen molar-refractivity contribution >= 4 is 35.0 Å². The molecule has 0 radical (unpaired) electrons. The van der Waals surface area contributed by atoms with E-state index in [9.17, 15) is 14.9 Å². The lowest BCUT2D eigenvalue weighted by molar-refractivity contribution is -0.385. The Labute approximate surface area is 170 Å². The van der Waals surface area contributed by atoms with Crippen molar-refractivity contribution in [2.45, 2.75) is 0 Å². The molecule has 0 fully saturated rings. The van der Waals surface area contributed by atoms with Gasteiger partial charge in [-0.1, -0.05) is 41.9 Å². The van der Waals surface area contributed by atoms with Gasteiger partial charge in [0.15, 0.2) is 17.3 Å². The summed E-state index contributed by atoms with van der Waals surface area (Å²) in [4.78, 5) is 28.1. The molecule has 7 nitrogen and oxygen atoms in total. The number of nitro groups is 1. The Hall–Kier alpha value is -3.71. The fourth-order valence-corrected chi connectivity index (χ4v) is 3.07.